The van der Waals surface area contributed by atoms with Crippen molar-refractivity contribution in [2.75, 3.05) is 11.9 Å². The van der Waals surface area contributed by atoms with Crippen LogP contribution in [-0.2, 0) is 0 Å². The Morgan fingerprint density at radius 2 is 2.00 bits per heavy atom. The lowest BCUT2D eigenvalue weighted by atomic mass is 10.2. The fourth-order valence-corrected chi connectivity index (χ4v) is 2.76. The zero-order valence-electron chi connectivity index (χ0n) is 12.0. The van der Waals surface area contributed by atoms with Crippen molar-refractivity contribution in [1.29, 1.82) is 0 Å². The van der Waals surface area contributed by atoms with E-state index in [9.17, 15) is 13.6 Å². The van der Waals surface area contributed by atoms with Crippen molar-refractivity contribution in [3.05, 3.63) is 46.7 Å². The third-order valence-corrected chi connectivity index (χ3v) is 3.93. The van der Waals surface area contributed by atoms with Gasteiger partial charge in [-0.2, -0.15) is 8.78 Å². The van der Waals surface area contributed by atoms with Crippen LogP contribution in [-0.4, -0.2) is 24.4 Å². The minimum atomic E-state index is -2.89. The Hall–Kier alpha value is -2.19. The van der Waals surface area contributed by atoms with E-state index in [1.54, 1.807) is 0 Å². The SMILES string of the molecule is O=C(Nc1ccc(OC(F)F)cc1)N[C@H](CCO)c1cccs1. The highest BCUT2D eigenvalue weighted by Gasteiger charge is 2.15. The largest absolute Gasteiger partial charge is 0.435 e. The summed E-state index contributed by atoms with van der Waals surface area (Å²) in [5.74, 6) is 0.0164. The number of hydrogen-bond donors (Lipinski definition) is 3. The Morgan fingerprint density at radius 3 is 2.57 bits per heavy atom. The molecule has 1 atom stereocenters. The maximum absolute atomic E-state index is 12.1. The predicted molar refractivity (Wildman–Crippen MR) is 84.0 cm³/mol. The van der Waals surface area contributed by atoms with E-state index in [1.807, 2.05) is 17.5 Å². The molecule has 2 amide bonds. The molecular formula is C15H16F2N2O3S. The fourth-order valence-electron chi connectivity index (χ4n) is 1.95. The second kappa shape index (κ2) is 8.44. The zero-order valence-corrected chi connectivity index (χ0v) is 12.9. The quantitative estimate of drug-likeness (QED) is 0.720. The maximum atomic E-state index is 12.1. The first-order valence-electron chi connectivity index (χ1n) is 6.85. The summed E-state index contributed by atoms with van der Waals surface area (Å²) in [6.07, 6.45) is 0.398. The lowest BCUT2D eigenvalue weighted by Crippen LogP contribution is -2.32. The summed E-state index contributed by atoms with van der Waals surface area (Å²) in [4.78, 5) is 12.9. The summed E-state index contributed by atoms with van der Waals surface area (Å²) >= 11 is 1.49. The summed E-state index contributed by atoms with van der Waals surface area (Å²) in [7, 11) is 0. The number of benzene rings is 1. The number of halogens is 2. The van der Waals surface area contributed by atoms with E-state index in [0.717, 1.165) is 4.88 Å². The van der Waals surface area contributed by atoms with Gasteiger partial charge in [0.25, 0.3) is 0 Å². The normalized spacial score (nSPS) is 12.0. The van der Waals surface area contributed by atoms with Crippen molar-refractivity contribution in [3.63, 3.8) is 0 Å². The standard InChI is InChI=1S/C15H16F2N2O3S/c16-14(17)22-11-5-3-10(4-6-11)18-15(21)19-12(7-8-20)13-2-1-9-23-13/h1-6,9,12,14,20H,7-8H2,(H2,18,19,21)/t12-/m1/s1. The van der Waals surface area contributed by atoms with Crippen LogP contribution in [0, 0.1) is 0 Å². The number of nitrogens with one attached hydrogen (secondary N) is 2. The number of hydrogen-bond acceptors (Lipinski definition) is 4. The van der Waals surface area contributed by atoms with Gasteiger partial charge in [-0.05, 0) is 42.1 Å². The minimum Gasteiger partial charge on any atom is -0.435 e. The van der Waals surface area contributed by atoms with Crippen LogP contribution in [0.4, 0.5) is 19.3 Å². The molecule has 0 radical (unpaired) electrons. The molecule has 0 spiro atoms. The number of carbonyl (C=O) groups is 1. The number of thiophene rings is 1. The number of aliphatic hydroxyl groups is 1. The van der Waals surface area contributed by atoms with Crippen LogP contribution in [0.15, 0.2) is 41.8 Å². The van der Waals surface area contributed by atoms with Crippen molar-refractivity contribution in [3.8, 4) is 5.75 Å². The molecule has 1 heterocycles. The Balaban J connectivity index is 1.92. The predicted octanol–water partition coefficient (Wildman–Crippen LogP) is 3.59. The topological polar surface area (TPSA) is 70.6 Å². The second-order valence-corrected chi connectivity index (χ2v) is 5.56. The van der Waals surface area contributed by atoms with Crippen LogP contribution in [0.2, 0.25) is 0 Å². The number of amides is 2. The van der Waals surface area contributed by atoms with Gasteiger partial charge in [-0.3, -0.25) is 0 Å². The summed E-state index contributed by atoms with van der Waals surface area (Å²) < 4.78 is 28.4. The van der Waals surface area contributed by atoms with Gasteiger partial charge < -0.3 is 20.5 Å². The van der Waals surface area contributed by atoms with Crippen LogP contribution in [0.5, 0.6) is 5.75 Å². The molecule has 1 aromatic heterocycles. The summed E-state index contributed by atoms with van der Waals surface area (Å²) in [5, 5.41) is 16.4. The second-order valence-electron chi connectivity index (χ2n) is 4.58. The van der Waals surface area contributed by atoms with Crippen LogP contribution in [0.25, 0.3) is 0 Å². The van der Waals surface area contributed by atoms with Crippen molar-refractivity contribution in [1.82, 2.24) is 5.32 Å². The molecule has 8 heteroatoms. The Kier molecular flexibility index (Phi) is 6.30. The van der Waals surface area contributed by atoms with Crippen LogP contribution >= 0.6 is 11.3 Å². The number of rotatable bonds is 7. The molecule has 2 rings (SSSR count). The van der Waals surface area contributed by atoms with Crippen molar-refractivity contribution in [2.24, 2.45) is 0 Å². The molecule has 0 saturated heterocycles. The summed E-state index contributed by atoms with van der Waals surface area (Å²) in [6, 6.07) is 8.61. The first-order chi connectivity index (χ1) is 11.1. The lowest BCUT2D eigenvalue weighted by Gasteiger charge is -2.17. The number of anilines is 1. The van der Waals surface area contributed by atoms with Gasteiger partial charge in [-0.1, -0.05) is 6.07 Å². The van der Waals surface area contributed by atoms with Crippen molar-refractivity contribution in [2.45, 2.75) is 19.1 Å². The number of ether oxygens (including phenoxy) is 1. The summed E-state index contributed by atoms with van der Waals surface area (Å²) in [5.41, 5.74) is 0.443. The molecule has 1 aromatic carbocycles. The van der Waals surface area contributed by atoms with Crippen LogP contribution in [0.1, 0.15) is 17.3 Å². The molecule has 124 valence electrons. The minimum absolute atomic E-state index is 0.0164. The first-order valence-corrected chi connectivity index (χ1v) is 7.73. The molecule has 3 N–H and O–H groups in total. The van der Waals surface area contributed by atoms with Gasteiger partial charge in [0.2, 0.25) is 0 Å². The zero-order chi connectivity index (χ0) is 16.7. The molecule has 0 aliphatic carbocycles. The van der Waals surface area contributed by atoms with E-state index in [1.165, 1.54) is 35.6 Å². The van der Waals surface area contributed by atoms with E-state index < -0.39 is 12.6 Å². The van der Waals surface area contributed by atoms with Gasteiger partial charge in [0.1, 0.15) is 5.75 Å². The lowest BCUT2D eigenvalue weighted by molar-refractivity contribution is -0.0498. The number of alkyl halides is 2. The molecule has 0 saturated carbocycles. The first kappa shape index (κ1) is 17.2. The number of urea groups is 1. The third kappa shape index (κ3) is 5.50. The van der Waals surface area contributed by atoms with Crippen LogP contribution in [0.3, 0.4) is 0 Å². The average molecular weight is 342 g/mol. The Bertz CT molecular complexity index is 606. The molecule has 0 fully saturated rings. The Morgan fingerprint density at radius 1 is 1.26 bits per heavy atom. The molecule has 0 unspecified atom stereocenters. The Labute approximate surface area is 135 Å². The van der Waals surface area contributed by atoms with E-state index in [-0.39, 0.29) is 18.4 Å². The van der Waals surface area contributed by atoms with E-state index >= 15 is 0 Å². The van der Waals surface area contributed by atoms with Crippen molar-refractivity contribution >= 4 is 23.1 Å². The van der Waals surface area contributed by atoms with Crippen molar-refractivity contribution < 1.29 is 23.4 Å². The monoisotopic (exact) mass is 342 g/mol. The molecule has 0 aliphatic heterocycles. The third-order valence-electron chi connectivity index (χ3n) is 2.95. The molecule has 5 nitrogen and oxygen atoms in total. The van der Waals surface area contributed by atoms with Gasteiger partial charge in [0, 0.05) is 17.2 Å². The number of aliphatic hydroxyl groups excluding tert-OH is 1. The van der Waals surface area contributed by atoms with Gasteiger partial charge in [-0.25, -0.2) is 4.79 Å². The van der Waals surface area contributed by atoms with Gasteiger partial charge in [0.15, 0.2) is 0 Å². The number of carbonyl (C=O) groups excluding carboxylic acids is 1. The smallest absolute Gasteiger partial charge is 0.387 e. The van der Waals surface area contributed by atoms with E-state index in [2.05, 4.69) is 15.4 Å². The van der Waals surface area contributed by atoms with Crippen LogP contribution < -0.4 is 15.4 Å². The van der Waals surface area contributed by atoms with Gasteiger partial charge >= 0.3 is 12.6 Å². The maximum Gasteiger partial charge on any atom is 0.387 e. The highest BCUT2D eigenvalue weighted by molar-refractivity contribution is 7.10. The highest BCUT2D eigenvalue weighted by Crippen LogP contribution is 2.22. The summed E-state index contributed by atoms with van der Waals surface area (Å²) in [6.45, 7) is -2.94. The molecular weight excluding hydrogens is 326 g/mol. The average Bonchev–Trinajstić information content (AvgIpc) is 3.02. The molecule has 0 bridgehead atoms. The van der Waals surface area contributed by atoms with E-state index in [0.29, 0.717) is 12.1 Å². The fraction of sp³-hybridized carbons (Fsp3) is 0.267. The highest BCUT2D eigenvalue weighted by atomic mass is 32.1. The van der Waals surface area contributed by atoms with Gasteiger partial charge in [-0.15, -0.1) is 11.3 Å². The molecule has 2 aromatic rings. The van der Waals surface area contributed by atoms with E-state index in [4.69, 9.17) is 5.11 Å². The van der Waals surface area contributed by atoms with Gasteiger partial charge in [0.05, 0.1) is 6.04 Å². The molecule has 0 aliphatic rings. The molecule has 23 heavy (non-hydrogen) atoms.